The van der Waals surface area contributed by atoms with Crippen LogP contribution < -0.4 is 5.32 Å². The molecule has 0 aromatic heterocycles. The third-order valence-corrected chi connectivity index (χ3v) is 3.03. The summed E-state index contributed by atoms with van der Waals surface area (Å²) in [5.41, 5.74) is 1.65. The van der Waals surface area contributed by atoms with Crippen LogP contribution in [0.15, 0.2) is 24.3 Å². The van der Waals surface area contributed by atoms with Crippen molar-refractivity contribution in [1.82, 2.24) is 10.2 Å². The lowest BCUT2D eigenvalue weighted by Crippen LogP contribution is -2.44. The van der Waals surface area contributed by atoms with Gasteiger partial charge in [-0.15, -0.1) is 0 Å². The van der Waals surface area contributed by atoms with Crippen molar-refractivity contribution in [3.8, 4) is 6.07 Å². The highest BCUT2D eigenvalue weighted by molar-refractivity contribution is 5.78. The van der Waals surface area contributed by atoms with Crippen molar-refractivity contribution in [2.75, 3.05) is 32.8 Å². The van der Waals surface area contributed by atoms with E-state index in [2.05, 4.69) is 11.4 Å². The van der Waals surface area contributed by atoms with Crippen molar-refractivity contribution in [3.63, 3.8) is 0 Å². The third kappa shape index (κ3) is 4.05. The molecule has 1 heterocycles. The normalized spacial score (nSPS) is 15.0. The summed E-state index contributed by atoms with van der Waals surface area (Å²) < 4.78 is 5.20. The molecule has 1 aliphatic rings. The Balaban J connectivity index is 1.76. The van der Waals surface area contributed by atoms with Crippen LogP contribution in [-0.4, -0.2) is 43.7 Å². The molecule has 1 N–H and O–H groups in total. The van der Waals surface area contributed by atoms with Crippen LogP contribution in [0.25, 0.3) is 0 Å². The van der Waals surface area contributed by atoms with E-state index in [-0.39, 0.29) is 5.91 Å². The number of nitrogens with one attached hydrogen (secondary N) is 1. The lowest BCUT2D eigenvalue weighted by molar-refractivity contribution is -0.134. The Morgan fingerprint density at radius 2 is 2.21 bits per heavy atom. The second kappa shape index (κ2) is 6.88. The standard InChI is InChI=1S/C14H17N3O2/c15-9-12-2-1-3-13(8-12)10-16-11-14(18)17-4-6-19-7-5-17/h1-3,8,16H,4-7,10-11H2. The van der Waals surface area contributed by atoms with Gasteiger partial charge in [0.2, 0.25) is 5.91 Å². The van der Waals surface area contributed by atoms with Gasteiger partial charge in [0.25, 0.3) is 0 Å². The number of nitriles is 1. The van der Waals surface area contributed by atoms with Crippen LogP contribution in [-0.2, 0) is 16.1 Å². The summed E-state index contributed by atoms with van der Waals surface area (Å²) in [6, 6.07) is 9.48. The van der Waals surface area contributed by atoms with Gasteiger partial charge in [0, 0.05) is 19.6 Å². The predicted octanol–water partition coefficient (Wildman–Crippen LogP) is 0.507. The molecular weight excluding hydrogens is 242 g/mol. The molecule has 1 aliphatic heterocycles. The highest BCUT2D eigenvalue weighted by Crippen LogP contribution is 2.03. The van der Waals surface area contributed by atoms with Crippen LogP contribution in [0.3, 0.4) is 0 Å². The van der Waals surface area contributed by atoms with Crippen LogP contribution in [0.5, 0.6) is 0 Å². The lowest BCUT2D eigenvalue weighted by atomic mass is 10.1. The molecule has 0 atom stereocenters. The number of ether oxygens (including phenoxy) is 1. The fourth-order valence-electron chi connectivity index (χ4n) is 1.99. The molecule has 0 aliphatic carbocycles. The zero-order valence-electron chi connectivity index (χ0n) is 10.8. The number of morpholine rings is 1. The van der Waals surface area contributed by atoms with Gasteiger partial charge in [-0.05, 0) is 17.7 Å². The van der Waals surface area contributed by atoms with Crippen LogP contribution in [0.1, 0.15) is 11.1 Å². The second-order valence-corrected chi connectivity index (χ2v) is 4.41. The molecule has 1 fully saturated rings. The smallest absolute Gasteiger partial charge is 0.236 e. The monoisotopic (exact) mass is 259 g/mol. The van der Waals surface area contributed by atoms with Crippen LogP contribution in [0.2, 0.25) is 0 Å². The first-order chi connectivity index (χ1) is 9.29. The van der Waals surface area contributed by atoms with E-state index in [1.54, 1.807) is 6.07 Å². The van der Waals surface area contributed by atoms with Crippen LogP contribution >= 0.6 is 0 Å². The zero-order valence-corrected chi connectivity index (χ0v) is 10.8. The number of nitrogens with zero attached hydrogens (tertiary/aromatic N) is 2. The maximum Gasteiger partial charge on any atom is 0.236 e. The van der Waals surface area contributed by atoms with Gasteiger partial charge in [0.05, 0.1) is 31.4 Å². The summed E-state index contributed by atoms with van der Waals surface area (Å²) in [4.78, 5) is 13.7. The van der Waals surface area contributed by atoms with Crippen molar-refractivity contribution >= 4 is 5.91 Å². The van der Waals surface area contributed by atoms with Gasteiger partial charge in [-0.1, -0.05) is 12.1 Å². The number of rotatable bonds is 4. The molecule has 0 bridgehead atoms. The topological polar surface area (TPSA) is 65.4 Å². The van der Waals surface area contributed by atoms with Crippen LogP contribution in [0.4, 0.5) is 0 Å². The molecule has 0 radical (unpaired) electrons. The van der Waals surface area contributed by atoms with Crippen molar-refractivity contribution < 1.29 is 9.53 Å². The minimum Gasteiger partial charge on any atom is -0.378 e. The Hall–Kier alpha value is -1.90. The molecule has 2 rings (SSSR count). The van der Waals surface area contributed by atoms with Gasteiger partial charge in [0.1, 0.15) is 0 Å². The fraction of sp³-hybridized carbons (Fsp3) is 0.429. The second-order valence-electron chi connectivity index (χ2n) is 4.41. The molecule has 0 unspecified atom stereocenters. The van der Waals surface area contributed by atoms with Gasteiger partial charge in [-0.25, -0.2) is 0 Å². The average molecular weight is 259 g/mol. The maximum atomic E-state index is 11.9. The van der Waals surface area contributed by atoms with E-state index in [0.717, 1.165) is 5.56 Å². The summed E-state index contributed by atoms with van der Waals surface area (Å²) >= 11 is 0. The van der Waals surface area contributed by atoms with Crippen LogP contribution in [0, 0.1) is 11.3 Å². The summed E-state index contributed by atoms with van der Waals surface area (Å²) in [5.74, 6) is 0.0970. The molecule has 1 saturated heterocycles. The molecule has 0 saturated carbocycles. The van der Waals surface area contributed by atoms with Gasteiger partial charge in [-0.3, -0.25) is 4.79 Å². The van der Waals surface area contributed by atoms with Gasteiger partial charge >= 0.3 is 0 Å². The summed E-state index contributed by atoms with van der Waals surface area (Å²) in [6.07, 6.45) is 0. The third-order valence-electron chi connectivity index (χ3n) is 3.03. The lowest BCUT2D eigenvalue weighted by Gasteiger charge is -2.26. The first-order valence-electron chi connectivity index (χ1n) is 6.35. The number of hydrogen-bond donors (Lipinski definition) is 1. The number of hydrogen-bond acceptors (Lipinski definition) is 4. The molecule has 19 heavy (non-hydrogen) atoms. The maximum absolute atomic E-state index is 11.9. The van der Waals surface area contributed by atoms with Gasteiger partial charge < -0.3 is 15.0 Å². The van der Waals surface area contributed by atoms with Crippen molar-refractivity contribution in [1.29, 1.82) is 5.26 Å². The summed E-state index contributed by atoms with van der Waals surface area (Å²) in [5, 5.41) is 11.9. The van der Waals surface area contributed by atoms with E-state index in [9.17, 15) is 4.79 Å². The number of amides is 1. The molecule has 1 aromatic rings. The van der Waals surface area contributed by atoms with E-state index in [0.29, 0.717) is 45.0 Å². The van der Waals surface area contributed by atoms with E-state index >= 15 is 0 Å². The van der Waals surface area contributed by atoms with E-state index in [4.69, 9.17) is 10.00 Å². The van der Waals surface area contributed by atoms with Crippen molar-refractivity contribution in [2.24, 2.45) is 0 Å². The molecule has 1 amide bonds. The Morgan fingerprint density at radius 1 is 1.42 bits per heavy atom. The average Bonchev–Trinajstić information content (AvgIpc) is 2.48. The molecule has 5 heteroatoms. The fourth-order valence-corrected chi connectivity index (χ4v) is 1.99. The van der Waals surface area contributed by atoms with Crippen molar-refractivity contribution in [3.05, 3.63) is 35.4 Å². The van der Waals surface area contributed by atoms with E-state index < -0.39 is 0 Å². The highest BCUT2D eigenvalue weighted by atomic mass is 16.5. The molecule has 1 aromatic carbocycles. The first kappa shape index (κ1) is 13.5. The Kier molecular flexibility index (Phi) is 4.90. The number of carbonyl (C=O) groups excluding carboxylic acids is 1. The molecule has 100 valence electrons. The van der Waals surface area contributed by atoms with Gasteiger partial charge in [-0.2, -0.15) is 5.26 Å². The largest absolute Gasteiger partial charge is 0.378 e. The Labute approximate surface area is 112 Å². The van der Waals surface area contributed by atoms with Crippen molar-refractivity contribution in [2.45, 2.75) is 6.54 Å². The summed E-state index contributed by atoms with van der Waals surface area (Å²) in [6.45, 7) is 3.49. The minimum absolute atomic E-state index is 0.0970. The summed E-state index contributed by atoms with van der Waals surface area (Å²) in [7, 11) is 0. The van der Waals surface area contributed by atoms with E-state index in [1.807, 2.05) is 23.1 Å². The molecule has 5 nitrogen and oxygen atoms in total. The quantitative estimate of drug-likeness (QED) is 0.855. The zero-order chi connectivity index (χ0) is 13.5. The molecule has 0 spiro atoms. The Bertz CT molecular complexity index is 476. The number of carbonyl (C=O) groups is 1. The SMILES string of the molecule is N#Cc1cccc(CNCC(=O)N2CCOCC2)c1. The molecular formula is C14H17N3O2. The highest BCUT2D eigenvalue weighted by Gasteiger charge is 2.15. The Morgan fingerprint density at radius 3 is 2.95 bits per heavy atom. The minimum atomic E-state index is 0.0970. The van der Waals surface area contributed by atoms with E-state index in [1.165, 1.54) is 0 Å². The predicted molar refractivity (Wildman–Crippen MR) is 70.3 cm³/mol. The number of benzene rings is 1. The first-order valence-corrected chi connectivity index (χ1v) is 6.35. The van der Waals surface area contributed by atoms with Gasteiger partial charge in [0.15, 0.2) is 0 Å².